The van der Waals surface area contributed by atoms with Gasteiger partial charge >= 0.3 is 0 Å². The van der Waals surface area contributed by atoms with Crippen molar-refractivity contribution in [3.63, 3.8) is 0 Å². The van der Waals surface area contributed by atoms with Crippen molar-refractivity contribution in [3.8, 4) is 0 Å². The van der Waals surface area contributed by atoms with Gasteiger partial charge in [-0.15, -0.1) is 0 Å². The number of aryl methyl sites for hydroxylation is 1. The second-order valence-corrected chi connectivity index (χ2v) is 5.97. The molecule has 1 aliphatic rings. The average molecular weight is 249 g/mol. The second-order valence-electron chi connectivity index (χ2n) is 5.97. The standard InChI is InChI=1S/C16H24FN/c1-11(2)14-9-12(3)16(15(17)10-14)13-5-7-18(4)8-6-13/h9-11,13H,5-8H2,1-4H3. The molecule has 0 saturated carbocycles. The lowest BCUT2D eigenvalue weighted by molar-refractivity contribution is 0.252. The van der Waals surface area contributed by atoms with Crippen LogP contribution in [0.2, 0.25) is 0 Å². The van der Waals surface area contributed by atoms with Gasteiger partial charge in [-0.25, -0.2) is 4.39 Å². The molecule has 0 radical (unpaired) electrons. The number of halogens is 1. The van der Waals surface area contributed by atoms with Gasteiger partial charge in [0.05, 0.1) is 0 Å². The Morgan fingerprint density at radius 1 is 1.22 bits per heavy atom. The zero-order valence-electron chi connectivity index (χ0n) is 12.0. The summed E-state index contributed by atoms with van der Waals surface area (Å²) in [6.45, 7) is 8.44. The summed E-state index contributed by atoms with van der Waals surface area (Å²) in [5.74, 6) is 0.806. The maximum absolute atomic E-state index is 14.3. The molecular weight excluding hydrogens is 225 g/mol. The van der Waals surface area contributed by atoms with Gasteiger partial charge < -0.3 is 4.90 Å². The highest BCUT2D eigenvalue weighted by atomic mass is 19.1. The molecule has 2 rings (SSSR count). The molecule has 1 aliphatic heterocycles. The fourth-order valence-electron chi connectivity index (χ4n) is 2.93. The van der Waals surface area contributed by atoms with Gasteiger partial charge in [-0.05, 0) is 74.5 Å². The molecular formula is C16H24FN. The summed E-state index contributed by atoms with van der Waals surface area (Å²) in [6.07, 6.45) is 2.16. The van der Waals surface area contributed by atoms with E-state index in [0.717, 1.165) is 42.6 Å². The molecule has 0 bridgehead atoms. The largest absolute Gasteiger partial charge is 0.306 e. The zero-order chi connectivity index (χ0) is 13.3. The van der Waals surface area contributed by atoms with E-state index >= 15 is 0 Å². The third-order valence-electron chi connectivity index (χ3n) is 4.15. The van der Waals surface area contributed by atoms with Crippen LogP contribution in [0.15, 0.2) is 12.1 Å². The number of hydrogen-bond acceptors (Lipinski definition) is 1. The summed E-state index contributed by atoms with van der Waals surface area (Å²) in [4.78, 5) is 2.33. The Bertz CT molecular complexity index is 394. The number of benzene rings is 1. The number of likely N-dealkylation sites (tertiary alicyclic amines) is 1. The molecule has 1 nitrogen and oxygen atoms in total. The molecule has 2 heteroatoms. The fourth-order valence-corrected chi connectivity index (χ4v) is 2.93. The van der Waals surface area contributed by atoms with Crippen molar-refractivity contribution in [2.24, 2.45) is 0 Å². The Kier molecular flexibility index (Phi) is 4.06. The van der Waals surface area contributed by atoms with Gasteiger partial charge in [0.25, 0.3) is 0 Å². The topological polar surface area (TPSA) is 3.24 Å². The highest BCUT2D eigenvalue weighted by Crippen LogP contribution is 2.33. The van der Waals surface area contributed by atoms with Crippen LogP contribution in [-0.2, 0) is 0 Å². The SMILES string of the molecule is Cc1cc(C(C)C)cc(F)c1C1CCN(C)CC1. The van der Waals surface area contributed by atoms with Crippen LogP contribution in [0.1, 0.15) is 55.2 Å². The predicted molar refractivity (Wildman–Crippen MR) is 74.7 cm³/mol. The lowest BCUT2D eigenvalue weighted by Crippen LogP contribution is -2.29. The van der Waals surface area contributed by atoms with Crippen LogP contribution in [0.25, 0.3) is 0 Å². The van der Waals surface area contributed by atoms with Crippen LogP contribution in [0.5, 0.6) is 0 Å². The first-order chi connectivity index (χ1) is 8.49. The molecule has 0 amide bonds. The number of hydrogen-bond donors (Lipinski definition) is 0. The van der Waals surface area contributed by atoms with Crippen molar-refractivity contribution < 1.29 is 4.39 Å². The van der Waals surface area contributed by atoms with E-state index in [1.807, 2.05) is 0 Å². The molecule has 0 unspecified atom stereocenters. The molecule has 0 atom stereocenters. The van der Waals surface area contributed by atoms with Crippen LogP contribution >= 0.6 is 0 Å². The molecule has 0 N–H and O–H groups in total. The highest BCUT2D eigenvalue weighted by molar-refractivity contribution is 5.36. The Hall–Kier alpha value is -0.890. The quantitative estimate of drug-likeness (QED) is 0.764. The minimum atomic E-state index is 0.00764. The van der Waals surface area contributed by atoms with E-state index in [1.54, 1.807) is 6.07 Å². The van der Waals surface area contributed by atoms with Gasteiger partial charge in [0.1, 0.15) is 5.82 Å². The van der Waals surface area contributed by atoms with E-state index in [4.69, 9.17) is 0 Å². The van der Waals surface area contributed by atoms with Crippen molar-refractivity contribution in [2.45, 2.75) is 45.4 Å². The van der Waals surface area contributed by atoms with Gasteiger partial charge in [-0.3, -0.25) is 0 Å². The lowest BCUT2D eigenvalue weighted by atomic mass is 9.85. The van der Waals surface area contributed by atoms with E-state index in [0.29, 0.717) is 11.8 Å². The van der Waals surface area contributed by atoms with Crippen molar-refractivity contribution >= 4 is 0 Å². The maximum atomic E-state index is 14.3. The van der Waals surface area contributed by atoms with Crippen molar-refractivity contribution in [2.75, 3.05) is 20.1 Å². The molecule has 1 fully saturated rings. The summed E-state index contributed by atoms with van der Waals surface area (Å²) in [6, 6.07) is 3.91. The van der Waals surface area contributed by atoms with E-state index in [-0.39, 0.29) is 5.82 Å². The molecule has 0 aromatic heterocycles. The van der Waals surface area contributed by atoms with E-state index in [1.165, 1.54) is 0 Å². The van der Waals surface area contributed by atoms with Crippen LogP contribution in [0.4, 0.5) is 4.39 Å². The summed E-state index contributed by atoms with van der Waals surface area (Å²) in [5, 5.41) is 0. The Morgan fingerprint density at radius 3 is 2.33 bits per heavy atom. The van der Waals surface area contributed by atoms with Crippen LogP contribution < -0.4 is 0 Å². The number of rotatable bonds is 2. The first-order valence-electron chi connectivity index (χ1n) is 6.97. The maximum Gasteiger partial charge on any atom is 0.127 e. The third-order valence-corrected chi connectivity index (χ3v) is 4.15. The number of piperidine rings is 1. The van der Waals surface area contributed by atoms with Crippen LogP contribution in [-0.4, -0.2) is 25.0 Å². The van der Waals surface area contributed by atoms with Crippen LogP contribution in [0, 0.1) is 12.7 Å². The van der Waals surface area contributed by atoms with E-state index in [2.05, 4.69) is 38.8 Å². The molecule has 1 aromatic rings. The monoisotopic (exact) mass is 249 g/mol. The average Bonchev–Trinajstić information content (AvgIpc) is 2.30. The minimum Gasteiger partial charge on any atom is -0.306 e. The van der Waals surface area contributed by atoms with Gasteiger partial charge in [0.15, 0.2) is 0 Å². The van der Waals surface area contributed by atoms with E-state index < -0.39 is 0 Å². The normalized spacial score (nSPS) is 18.6. The minimum absolute atomic E-state index is 0.00764. The van der Waals surface area contributed by atoms with E-state index in [9.17, 15) is 4.39 Å². The van der Waals surface area contributed by atoms with Crippen molar-refractivity contribution in [3.05, 3.63) is 34.6 Å². The first-order valence-corrected chi connectivity index (χ1v) is 6.97. The summed E-state index contributed by atoms with van der Waals surface area (Å²) >= 11 is 0. The Morgan fingerprint density at radius 2 is 1.83 bits per heavy atom. The first kappa shape index (κ1) is 13.5. The van der Waals surface area contributed by atoms with Crippen molar-refractivity contribution in [1.82, 2.24) is 4.90 Å². The molecule has 18 heavy (non-hydrogen) atoms. The number of nitrogens with zero attached hydrogens (tertiary/aromatic N) is 1. The zero-order valence-corrected chi connectivity index (χ0v) is 12.0. The molecule has 1 aromatic carbocycles. The molecule has 100 valence electrons. The molecule has 1 heterocycles. The summed E-state index contributed by atoms with van der Waals surface area (Å²) in [7, 11) is 2.14. The molecule has 0 spiro atoms. The second kappa shape index (κ2) is 5.40. The lowest BCUT2D eigenvalue weighted by Gasteiger charge is -2.30. The van der Waals surface area contributed by atoms with Gasteiger partial charge in [-0.1, -0.05) is 19.9 Å². The fraction of sp³-hybridized carbons (Fsp3) is 0.625. The predicted octanol–water partition coefficient (Wildman–Crippen LogP) is 4.07. The highest BCUT2D eigenvalue weighted by Gasteiger charge is 2.23. The van der Waals surface area contributed by atoms with Gasteiger partial charge in [-0.2, -0.15) is 0 Å². The van der Waals surface area contributed by atoms with Crippen molar-refractivity contribution in [1.29, 1.82) is 0 Å². The summed E-state index contributed by atoms with van der Waals surface area (Å²) in [5.41, 5.74) is 3.21. The third kappa shape index (κ3) is 2.74. The van der Waals surface area contributed by atoms with Gasteiger partial charge in [0, 0.05) is 0 Å². The van der Waals surface area contributed by atoms with Gasteiger partial charge in [0.2, 0.25) is 0 Å². The Labute approximate surface area is 110 Å². The summed E-state index contributed by atoms with van der Waals surface area (Å²) < 4.78 is 14.3. The van der Waals surface area contributed by atoms with Crippen LogP contribution in [0.3, 0.4) is 0 Å². The molecule has 0 aliphatic carbocycles. The Balaban J connectivity index is 2.28. The molecule has 1 saturated heterocycles. The smallest absolute Gasteiger partial charge is 0.127 e.